The Morgan fingerprint density at radius 1 is 1.09 bits per heavy atom. The Bertz CT molecular complexity index is 903. The van der Waals surface area contributed by atoms with Crippen LogP contribution in [0, 0.1) is 6.92 Å². The minimum atomic E-state index is -0.203. The summed E-state index contributed by atoms with van der Waals surface area (Å²) in [5, 5.41) is 6.04. The minimum Gasteiger partial charge on any atom is -0.267 e. The van der Waals surface area contributed by atoms with Gasteiger partial charge in [-0.1, -0.05) is 64.5 Å². The highest BCUT2D eigenvalue weighted by molar-refractivity contribution is 9.10. The molecular formula is C19H15BrN2O. The second-order valence-corrected chi connectivity index (χ2v) is 6.15. The lowest BCUT2D eigenvalue weighted by Crippen LogP contribution is -2.19. The normalized spacial score (nSPS) is 11.0. The van der Waals surface area contributed by atoms with Crippen LogP contribution in [0.4, 0.5) is 0 Å². The molecular weight excluding hydrogens is 352 g/mol. The van der Waals surface area contributed by atoms with Crippen LogP contribution in [0.2, 0.25) is 0 Å². The maximum atomic E-state index is 12.5. The van der Waals surface area contributed by atoms with Crippen LogP contribution >= 0.6 is 15.9 Å². The molecule has 23 heavy (non-hydrogen) atoms. The van der Waals surface area contributed by atoms with Crippen molar-refractivity contribution in [2.45, 2.75) is 6.92 Å². The lowest BCUT2D eigenvalue weighted by atomic mass is 9.99. The third-order valence-electron chi connectivity index (χ3n) is 3.59. The summed E-state index contributed by atoms with van der Waals surface area (Å²) in [6, 6.07) is 19.5. The second-order valence-electron chi connectivity index (χ2n) is 5.23. The van der Waals surface area contributed by atoms with E-state index in [2.05, 4.69) is 26.5 Å². The van der Waals surface area contributed by atoms with Gasteiger partial charge in [-0.05, 0) is 41.0 Å². The Morgan fingerprint density at radius 2 is 1.91 bits per heavy atom. The summed E-state index contributed by atoms with van der Waals surface area (Å²) < 4.78 is 0.970. The van der Waals surface area contributed by atoms with Crippen molar-refractivity contribution in [2.75, 3.05) is 0 Å². The Labute approximate surface area is 143 Å². The molecule has 3 aromatic rings. The van der Waals surface area contributed by atoms with E-state index >= 15 is 0 Å². The van der Waals surface area contributed by atoms with Gasteiger partial charge in [0, 0.05) is 4.47 Å². The summed E-state index contributed by atoms with van der Waals surface area (Å²) in [7, 11) is 0. The fourth-order valence-electron chi connectivity index (χ4n) is 2.49. The van der Waals surface area contributed by atoms with Gasteiger partial charge in [0.1, 0.15) is 0 Å². The Kier molecular flexibility index (Phi) is 4.53. The predicted octanol–water partition coefficient (Wildman–Crippen LogP) is 4.67. The van der Waals surface area contributed by atoms with E-state index in [4.69, 9.17) is 0 Å². The van der Waals surface area contributed by atoms with Crippen molar-refractivity contribution >= 4 is 38.8 Å². The summed E-state index contributed by atoms with van der Waals surface area (Å²) in [6.45, 7) is 1.93. The van der Waals surface area contributed by atoms with Crippen LogP contribution in [-0.2, 0) is 0 Å². The van der Waals surface area contributed by atoms with Gasteiger partial charge in [0.15, 0.2) is 0 Å². The summed E-state index contributed by atoms with van der Waals surface area (Å²) in [5.41, 5.74) is 5.12. The van der Waals surface area contributed by atoms with Crippen molar-refractivity contribution in [3.8, 4) is 0 Å². The molecule has 3 rings (SSSR count). The van der Waals surface area contributed by atoms with Gasteiger partial charge in [-0.15, -0.1) is 0 Å². The standard InChI is InChI=1S/C19H15BrN2O/c1-13-9-10-15-6-2-3-8-17(15)18(13)19(23)22-21-12-14-5-4-7-16(20)11-14/h2-12H,1H3,(H,22,23)/b21-12-. The monoisotopic (exact) mass is 366 g/mol. The van der Waals surface area contributed by atoms with Crippen molar-refractivity contribution in [1.82, 2.24) is 5.43 Å². The lowest BCUT2D eigenvalue weighted by Gasteiger charge is -2.08. The van der Waals surface area contributed by atoms with Crippen LogP contribution < -0.4 is 5.43 Å². The highest BCUT2D eigenvalue weighted by Gasteiger charge is 2.12. The zero-order chi connectivity index (χ0) is 16.2. The van der Waals surface area contributed by atoms with E-state index in [1.165, 1.54) is 0 Å². The molecule has 0 radical (unpaired) electrons. The number of rotatable bonds is 3. The van der Waals surface area contributed by atoms with Crippen LogP contribution in [-0.4, -0.2) is 12.1 Å². The van der Waals surface area contributed by atoms with Crippen LogP contribution in [0.1, 0.15) is 21.5 Å². The number of fused-ring (bicyclic) bond motifs is 1. The number of nitrogens with zero attached hydrogens (tertiary/aromatic N) is 1. The molecule has 1 amide bonds. The summed E-state index contributed by atoms with van der Waals surface area (Å²) in [4.78, 5) is 12.5. The quantitative estimate of drug-likeness (QED) is 0.530. The van der Waals surface area contributed by atoms with E-state index in [9.17, 15) is 4.79 Å². The number of carbonyl (C=O) groups is 1. The van der Waals surface area contributed by atoms with Gasteiger partial charge in [0.25, 0.3) is 5.91 Å². The minimum absolute atomic E-state index is 0.203. The van der Waals surface area contributed by atoms with Gasteiger partial charge in [-0.3, -0.25) is 4.79 Å². The smallest absolute Gasteiger partial charge is 0.267 e. The summed E-state index contributed by atoms with van der Waals surface area (Å²) in [5.74, 6) is -0.203. The van der Waals surface area contributed by atoms with Crippen molar-refractivity contribution in [1.29, 1.82) is 0 Å². The van der Waals surface area contributed by atoms with E-state index in [0.29, 0.717) is 5.56 Å². The van der Waals surface area contributed by atoms with Gasteiger partial charge >= 0.3 is 0 Å². The average Bonchev–Trinajstić information content (AvgIpc) is 2.54. The van der Waals surface area contributed by atoms with Crippen molar-refractivity contribution in [2.24, 2.45) is 5.10 Å². The third kappa shape index (κ3) is 3.48. The Balaban J connectivity index is 1.85. The van der Waals surface area contributed by atoms with Crippen molar-refractivity contribution < 1.29 is 4.79 Å². The fourth-order valence-corrected chi connectivity index (χ4v) is 2.91. The van der Waals surface area contributed by atoms with E-state index in [0.717, 1.165) is 26.4 Å². The van der Waals surface area contributed by atoms with Gasteiger partial charge in [-0.2, -0.15) is 5.10 Å². The summed E-state index contributed by atoms with van der Waals surface area (Å²) in [6.07, 6.45) is 1.63. The molecule has 0 aliphatic heterocycles. The number of aryl methyl sites for hydroxylation is 1. The van der Waals surface area contributed by atoms with E-state index < -0.39 is 0 Å². The number of carbonyl (C=O) groups excluding carboxylic acids is 1. The first-order chi connectivity index (χ1) is 11.1. The first-order valence-electron chi connectivity index (χ1n) is 7.22. The molecule has 0 atom stereocenters. The maximum Gasteiger partial charge on any atom is 0.272 e. The topological polar surface area (TPSA) is 41.5 Å². The zero-order valence-corrected chi connectivity index (χ0v) is 14.2. The highest BCUT2D eigenvalue weighted by Crippen LogP contribution is 2.22. The van der Waals surface area contributed by atoms with Gasteiger partial charge in [0.2, 0.25) is 0 Å². The van der Waals surface area contributed by atoms with Crippen LogP contribution in [0.5, 0.6) is 0 Å². The average molecular weight is 367 g/mol. The predicted molar refractivity (Wildman–Crippen MR) is 97.9 cm³/mol. The molecule has 1 N–H and O–H groups in total. The number of hydrogen-bond acceptors (Lipinski definition) is 2. The molecule has 0 aliphatic rings. The SMILES string of the molecule is Cc1ccc2ccccc2c1C(=O)N/N=C\c1cccc(Br)c1. The molecule has 114 valence electrons. The van der Waals surface area contributed by atoms with Crippen molar-refractivity contribution in [3.63, 3.8) is 0 Å². The van der Waals surface area contributed by atoms with E-state index in [1.807, 2.05) is 67.6 Å². The molecule has 0 unspecified atom stereocenters. The summed E-state index contributed by atoms with van der Waals surface area (Å²) >= 11 is 3.41. The molecule has 0 saturated carbocycles. The first-order valence-corrected chi connectivity index (χ1v) is 8.02. The fraction of sp³-hybridized carbons (Fsp3) is 0.0526. The number of benzene rings is 3. The number of halogens is 1. The molecule has 3 aromatic carbocycles. The molecule has 0 aliphatic carbocycles. The third-order valence-corrected chi connectivity index (χ3v) is 4.09. The van der Waals surface area contributed by atoms with Gasteiger partial charge in [-0.25, -0.2) is 5.43 Å². The maximum absolute atomic E-state index is 12.5. The Hall–Kier alpha value is -2.46. The molecule has 0 spiro atoms. The number of hydrogen-bond donors (Lipinski definition) is 1. The van der Waals surface area contributed by atoms with Gasteiger partial charge in [0.05, 0.1) is 11.8 Å². The van der Waals surface area contributed by atoms with E-state index in [-0.39, 0.29) is 5.91 Å². The largest absolute Gasteiger partial charge is 0.272 e. The number of hydrazone groups is 1. The molecule has 0 heterocycles. The van der Waals surface area contributed by atoms with Crippen molar-refractivity contribution in [3.05, 3.63) is 81.8 Å². The van der Waals surface area contributed by atoms with Crippen LogP contribution in [0.25, 0.3) is 10.8 Å². The van der Waals surface area contributed by atoms with E-state index in [1.54, 1.807) is 6.21 Å². The molecule has 3 nitrogen and oxygen atoms in total. The number of nitrogens with one attached hydrogen (secondary N) is 1. The second kappa shape index (κ2) is 6.75. The molecule has 0 bridgehead atoms. The first kappa shape index (κ1) is 15.4. The van der Waals surface area contributed by atoms with Crippen LogP contribution in [0.3, 0.4) is 0 Å². The zero-order valence-electron chi connectivity index (χ0n) is 12.6. The molecule has 4 heteroatoms. The highest BCUT2D eigenvalue weighted by atomic mass is 79.9. The molecule has 0 fully saturated rings. The molecule has 0 saturated heterocycles. The molecule has 0 aromatic heterocycles. The Morgan fingerprint density at radius 3 is 2.74 bits per heavy atom. The number of amides is 1. The van der Waals surface area contributed by atoms with Crippen LogP contribution in [0.15, 0.2) is 70.2 Å². The lowest BCUT2D eigenvalue weighted by molar-refractivity contribution is 0.0956. The van der Waals surface area contributed by atoms with Gasteiger partial charge < -0.3 is 0 Å².